The summed E-state index contributed by atoms with van der Waals surface area (Å²) in [5.74, 6) is 0. The van der Waals surface area contributed by atoms with E-state index in [1.807, 2.05) is 14.9 Å². The number of aliphatic hydroxyl groups excluding tert-OH is 1. The minimum Gasteiger partial charge on any atom is -0.394 e. The lowest BCUT2D eigenvalue weighted by Gasteiger charge is -2.12. The molecule has 0 spiro atoms. The van der Waals surface area contributed by atoms with E-state index >= 15 is 0 Å². The van der Waals surface area contributed by atoms with Gasteiger partial charge in [0, 0.05) is 13.1 Å². The van der Waals surface area contributed by atoms with Crippen molar-refractivity contribution in [2.24, 2.45) is 0 Å². The van der Waals surface area contributed by atoms with E-state index in [9.17, 15) is 0 Å². The first-order valence-corrected chi connectivity index (χ1v) is 3.22. The Hall–Kier alpha value is -0.0551. The van der Waals surface area contributed by atoms with Crippen LogP contribution in [-0.2, 0) is 4.74 Å². The highest BCUT2D eigenvalue weighted by molar-refractivity contribution is 6.08. The summed E-state index contributed by atoms with van der Waals surface area (Å²) in [7, 11) is 3.75. The van der Waals surface area contributed by atoms with Crippen LogP contribution in [0.15, 0.2) is 0 Å². The molecular formula is C5H14BNO2. The Labute approximate surface area is 56.8 Å². The van der Waals surface area contributed by atoms with Gasteiger partial charge in [0.15, 0.2) is 0 Å². The lowest BCUT2D eigenvalue weighted by Crippen LogP contribution is -2.30. The summed E-state index contributed by atoms with van der Waals surface area (Å²) < 4.78 is 5.12. The Balaban J connectivity index is 3.18. The Morgan fingerprint density at radius 1 is 1.78 bits per heavy atom. The van der Waals surface area contributed by atoms with E-state index in [2.05, 4.69) is 5.32 Å². The molecule has 0 aliphatic carbocycles. The number of nitrogens with one attached hydrogen (secondary N) is 1. The molecule has 0 aromatic heterocycles. The van der Waals surface area contributed by atoms with Gasteiger partial charge < -0.3 is 15.2 Å². The van der Waals surface area contributed by atoms with E-state index in [0.717, 1.165) is 0 Å². The minimum absolute atomic E-state index is 0.0417. The van der Waals surface area contributed by atoms with Gasteiger partial charge in [0.2, 0.25) is 0 Å². The third-order valence-corrected chi connectivity index (χ3v) is 1.04. The maximum absolute atomic E-state index is 8.62. The number of hydrogen-bond donors (Lipinski definition) is 2. The third-order valence-electron chi connectivity index (χ3n) is 1.04. The molecule has 0 aliphatic heterocycles. The summed E-state index contributed by atoms with van der Waals surface area (Å²) in [5.41, 5.74) is 0. The van der Waals surface area contributed by atoms with Crippen molar-refractivity contribution in [1.82, 2.24) is 5.32 Å². The number of ether oxygens (including phenoxy) is 1. The van der Waals surface area contributed by atoms with Crippen molar-refractivity contribution in [3.63, 3.8) is 0 Å². The van der Waals surface area contributed by atoms with Crippen molar-refractivity contribution in [3.05, 3.63) is 0 Å². The van der Waals surface area contributed by atoms with Gasteiger partial charge in [-0.1, -0.05) is 0 Å². The zero-order valence-corrected chi connectivity index (χ0v) is 6.05. The fraction of sp³-hybridized carbons (Fsp3) is 1.00. The van der Waals surface area contributed by atoms with Gasteiger partial charge in [-0.05, 0) is 7.05 Å². The smallest absolute Gasteiger partial charge is 0.135 e. The van der Waals surface area contributed by atoms with Crippen molar-refractivity contribution < 1.29 is 9.84 Å². The van der Waals surface area contributed by atoms with Crippen LogP contribution in [0.2, 0.25) is 0 Å². The monoisotopic (exact) mass is 131 g/mol. The summed E-state index contributed by atoms with van der Waals surface area (Å²) in [5, 5.41) is 11.5. The average molecular weight is 131 g/mol. The number of aliphatic hydroxyl groups is 1. The zero-order valence-electron chi connectivity index (χ0n) is 6.05. The molecule has 0 amide bonds. The van der Waals surface area contributed by atoms with Crippen LogP contribution in [-0.4, -0.2) is 45.8 Å². The SMILES string of the molecule is BCOC(CO)CNC. The summed E-state index contributed by atoms with van der Waals surface area (Å²) in [6.07, 6.45) is -0.0417. The highest BCUT2D eigenvalue weighted by Crippen LogP contribution is 1.85. The first kappa shape index (κ1) is 8.94. The molecule has 0 bridgehead atoms. The molecule has 0 aliphatic rings. The van der Waals surface area contributed by atoms with Gasteiger partial charge in [0.25, 0.3) is 0 Å². The van der Waals surface area contributed by atoms with Crippen molar-refractivity contribution in [2.45, 2.75) is 6.10 Å². The van der Waals surface area contributed by atoms with Crippen molar-refractivity contribution in [3.8, 4) is 0 Å². The second kappa shape index (κ2) is 6.07. The molecule has 54 valence electrons. The van der Waals surface area contributed by atoms with E-state index < -0.39 is 0 Å². The van der Waals surface area contributed by atoms with Gasteiger partial charge in [-0.2, -0.15) is 0 Å². The van der Waals surface area contributed by atoms with Crippen LogP contribution in [0.5, 0.6) is 0 Å². The second-order valence-electron chi connectivity index (χ2n) is 1.82. The molecule has 1 unspecified atom stereocenters. The molecule has 0 rings (SSSR count). The summed E-state index contributed by atoms with van der Waals surface area (Å²) >= 11 is 0. The molecular weight excluding hydrogens is 117 g/mol. The van der Waals surface area contributed by atoms with Crippen LogP contribution in [0.25, 0.3) is 0 Å². The molecule has 0 heterocycles. The highest BCUT2D eigenvalue weighted by Gasteiger charge is 2.02. The van der Waals surface area contributed by atoms with E-state index in [1.165, 1.54) is 0 Å². The van der Waals surface area contributed by atoms with Gasteiger partial charge in [-0.3, -0.25) is 0 Å². The topological polar surface area (TPSA) is 41.5 Å². The average Bonchev–Trinajstić information content (AvgIpc) is 1.88. The summed E-state index contributed by atoms with van der Waals surface area (Å²) in [4.78, 5) is 0. The molecule has 4 heteroatoms. The highest BCUT2D eigenvalue weighted by atomic mass is 16.5. The van der Waals surface area contributed by atoms with Crippen LogP contribution in [0.3, 0.4) is 0 Å². The Morgan fingerprint density at radius 3 is 2.78 bits per heavy atom. The maximum Gasteiger partial charge on any atom is 0.135 e. The van der Waals surface area contributed by atoms with Crippen molar-refractivity contribution in [1.29, 1.82) is 0 Å². The molecule has 9 heavy (non-hydrogen) atoms. The van der Waals surface area contributed by atoms with Crippen LogP contribution < -0.4 is 5.32 Å². The number of likely N-dealkylation sites (N-methyl/N-ethyl adjacent to an activating group) is 1. The minimum atomic E-state index is -0.0417. The molecule has 0 saturated heterocycles. The molecule has 1 atom stereocenters. The van der Waals surface area contributed by atoms with Crippen molar-refractivity contribution in [2.75, 3.05) is 26.7 Å². The molecule has 0 aromatic carbocycles. The first-order valence-electron chi connectivity index (χ1n) is 3.22. The fourth-order valence-corrected chi connectivity index (χ4v) is 0.640. The van der Waals surface area contributed by atoms with E-state index in [4.69, 9.17) is 9.84 Å². The number of rotatable bonds is 5. The standard InChI is InChI=1S/C5H14BNO2/c1-7-2-5(3-8)9-4-6/h5,7-8H,2-4,6H2,1H3. The molecule has 3 nitrogen and oxygen atoms in total. The molecule has 0 radical (unpaired) electrons. The van der Waals surface area contributed by atoms with E-state index in [-0.39, 0.29) is 12.7 Å². The van der Waals surface area contributed by atoms with Gasteiger partial charge in [0.1, 0.15) is 7.85 Å². The Morgan fingerprint density at radius 2 is 2.44 bits per heavy atom. The van der Waals surface area contributed by atoms with Gasteiger partial charge >= 0.3 is 0 Å². The van der Waals surface area contributed by atoms with Crippen LogP contribution in [0, 0.1) is 0 Å². The first-order chi connectivity index (χ1) is 4.35. The van der Waals surface area contributed by atoms with Crippen molar-refractivity contribution >= 4 is 7.85 Å². The maximum atomic E-state index is 8.62. The van der Waals surface area contributed by atoms with E-state index in [1.54, 1.807) is 0 Å². The van der Waals surface area contributed by atoms with Gasteiger partial charge in [-0.15, -0.1) is 0 Å². The molecule has 0 aromatic rings. The lowest BCUT2D eigenvalue weighted by atomic mass is 10.2. The second-order valence-corrected chi connectivity index (χ2v) is 1.82. The van der Waals surface area contributed by atoms with Gasteiger partial charge in [-0.25, -0.2) is 0 Å². The Kier molecular flexibility index (Phi) is 6.03. The quantitative estimate of drug-likeness (QED) is 0.431. The van der Waals surface area contributed by atoms with Crippen LogP contribution in [0.1, 0.15) is 0 Å². The molecule has 0 saturated carbocycles. The molecule has 0 fully saturated rings. The molecule has 2 N–H and O–H groups in total. The number of hydrogen-bond acceptors (Lipinski definition) is 3. The zero-order chi connectivity index (χ0) is 7.11. The predicted molar refractivity (Wildman–Crippen MR) is 39.3 cm³/mol. The normalized spacial score (nSPS) is 13.6. The van der Waals surface area contributed by atoms with Gasteiger partial charge in [0.05, 0.1) is 12.7 Å². The predicted octanol–water partition coefficient (Wildman–Crippen LogP) is -1.83. The fourth-order valence-electron chi connectivity index (χ4n) is 0.640. The largest absolute Gasteiger partial charge is 0.394 e. The lowest BCUT2D eigenvalue weighted by molar-refractivity contribution is 0.0394. The Bertz CT molecular complexity index is 56.9. The summed E-state index contributed by atoms with van der Waals surface area (Å²) in [6.45, 7) is 1.46. The van der Waals surface area contributed by atoms with E-state index in [0.29, 0.717) is 13.1 Å². The third kappa shape index (κ3) is 4.45. The van der Waals surface area contributed by atoms with Crippen LogP contribution in [0.4, 0.5) is 0 Å². The summed E-state index contributed by atoms with van der Waals surface area (Å²) in [6, 6.07) is 0. The van der Waals surface area contributed by atoms with Crippen LogP contribution >= 0.6 is 0 Å².